The summed E-state index contributed by atoms with van der Waals surface area (Å²) in [5, 5.41) is 0.330. The number of halogens is 2. The molecule has 1 heterocycles. The zero-order valence-corrected chi connectivity index (χ0v) is 9.56. The second-order valence-electron chi connectivity index (χ2n) is 3.58. The van der Waals surface area contributed by atoms with Gasteiger partial charge >= 0.3 is 0 Å². The first kappa shape index (κ1) is 11.7. The maximum absolute atomic E-state index is 12.8. The molecule has 1 aromatic carbocycles. The molecule has 0 fully saturated rings. The molecule has 86 valence electrons. The third-order valence-corrected chi connectivity index (χ3v) is 2.68. The number of aromatic nitrogens is 1. The SMILES string of the molecule is O=CC(c1ccc(F)cc1)c1ccnc(Cl)c1. The van der Waals surface area contributed by atoms with Gasteiger partial charge in [-0.05, 0) is 35.4 Å². The lowest BCUT2D eigenvalue weighted by molar-refractivity contribution is -0.108. The van der Waals surface area contributed by atoms with Crippen molar-refractivity contribution in [3.8, 4) is 0 Å². The molecular weight excluding hydrogens is 241 g/mol. The van der Waals surface area contributed by atoms with Gasteiger partial charge in [0.15, 0.2) is 0 Å². The van der Waals surface area contributed by atoms with Crippen LogP contribution in [0.3, 0.4) is 0 Å². The van der Waals surface area contributed by atoms with E-state index < -0.39 is 5.92 Å². The van der Waals surface area contributed by atoms with Crippen molar-refractivity contribution in [1.29, 1.82) is 0 Å². The maximum atomic E-state index is 12.8. The standard InChI is InChI=1S/C13H9ClFNO/c14-13-7-10(5-6-16-13)12(8-17)9-1-3-11(15)4-2-9/h1-8,12H. The summed E-state index contributed by atoms with van der Waals surface area (Å²) in [5.41, 5.74) is 1.47. The van der Waals surface area contributed by atoms with Gasteiger partial charge in [0, 0.05) is 6.20 Å². The number of aldehydes is 1. The molecule has 2 nitrogen and oxygen atoms in total. The lowest BCUT2D eigenvalue weighted by Gasteiger charge is -2.11. The summed E-state index contributed by atoms with van der Waals surface area (Å²) in [7, 11) is 0. The molecular formula is C13H9ClFNO. The first-order chi connectivity index (χ1) is 8.20. The van der Waals surface area contributed by atoms with Gasteiger partial charge in [0.25, 0.3) is 0 Å². The van der Waals surface area contributed by atoms with Crippen LogP contribution in [0.25, 0.3) is 0 Å². The van der Waals surface area contributed by atoms with Crippen molar-refractivity contribution in [2.24, 2.45) is 0 Å². The van der Waals surface area contributed by atoms with Gasteiger partial charge in [-0.3, -0.25) is 0 Å². The molecule has 4 heteroatoms. The van der Waals surface area contributed by atoms with Gasteiger partial charge in [-0.25, -0.2) is 9.37 Å². The van der Waals surface area contributed by atoms with E-state index in [1.165, 1.54) is 18.3 Å². The third-order valence-electron chi connectivity index (χ3n) is 2.47. The van der Waals surface area contributed by atoms with Crippen molar-refractivity contribution in [2.45, 2.75) is 5.92 Å². The summed E-state index contributed by atoms with van der Waals surface area (Å²) < 4.78 is 12.8. The van der Waals surface area contributed by atoms with Crippen LogP contribution in [0.5, 0.6) is 0 Å². The molecule has 2 aromatic rings. The van der Waals surface area contributed by atoms with Crippen molar-refractivity contribution < 1.29 is 9.18 Å². The van der Waals surface area contributed by atoms with E-state index in [4.69, 9.17) is 11.6 Å². The topological polar surface area (TPSA) is 30.0 Å². The summed E-state index contributed by atoms with van der Waals surface area (Å²) in [6.45, 7) is 0. The Labute approximate surface area is 103 Å². The summed E-state index contributed by atoms with van der Waals surface area (Å²) in [6, 6.07) is 9.17. The highest BCUT2D eigenvalue weighted by atomic mass is 35.5. The number of rotatable bonds is 3. The molecule has 0 N–H and O–H groups in total. The monoisotopic (exact) mass is 249 g/mol. The highest BCUT2D eigenvalue weighted by Crippen LogP contribution is 2.24. The predicted octanol–water partition coefficient (Wildman–Crippen LogP) is 3.20. The molecule has 1 atom stereocenters. The lowest BCUT2D eigenvalue weighted by atomic mass is 9.93. The molecule has 0 aliphatic heterocycles. The number of benzene rings is 1. The molecule has 1 unspecified atom stereocenters. The second kappa shape index (κ2) is 5.06. The third kappa shape index (κ3) is 2.68. The van der Waals surface area contributed by atoms with Crippen LogP contribution in [0, 0.1) is 5.82 Å². The minimum absolute atomic E-state index is 0.328. The van der Waals surface area contributed by atoms with Crippen LogP contribution in [0.2, 0.25) is 5.15 Å². The van der Waals surface area contributed by atoms with Crippen molar-refractivity contribution in [1.82, 2.24) is 4.98 Å². The fourth-order valence-corrected chi connectivity index (χ4v) is 1.81. The van der Waals surface area contributed by atoms with Gasteiger partial charge in [0.1, 0.15) is 17.3 Å². The van der Waals surface area contributed by atoms with Gasteiger partial charge < -0.3 is 4.79 Å². The molecule has 0 saturated heterocycles. The largest absolute Gasteiger partial charge is 0.302 e. The second-order valence-corrected chi connectivity index (χ2v) is 3.96. The van der Waals surface area contributed by atoms with E-state index in [9.17, 15) is 9.18 Å². The minimum Gasteiger partial charge on any atom is -0.302 e. The summed E-state index contributed by atoms with van der Waals surface area (Å²) >= 11 is 5.77. The number of hydrogen-bond acceptors (Lipinski definition) is 2. The molecule has 1 aromatic heterocycles. The summed E-state index contributed by atoms with van der Waals surface area (Å²) in [5.74, 6) is -0.776. The molecule has 0 amide bonds. The van der Waals surface area contributed by atoms with Crippen LogP contribution in [-0.2, 0) is 4.79 Å². The number of hydrogen-bond donors (Lipinski definition) is 0. The highest BCUT2D eigenvalue weighted by molar-refractivity contribution is 6.29. The average Bonchev–Trinajstić information content (AvgIpc) is 2.33. The summed E-state index contributed by atoms with van der Waals surface area (Å²) in [4.78, 5) is 15.0. The molecule has 2 rings (SSSR count). The Hall–Kier alpha value is -1.74. The van der Waals surface area contributed by atoms with E-state index >= 15 is 0 Å². The highest BCUT2D eigenvalue weighted by Gasteiger charge is 2.13. The fraction of sp³-hybridized carbons (Fsp3) is 0.0769. The van der Waals surface area contributed by atoms with Gasteiger partial charge in [0.2, 0.25) is 0 Å². The average molecular weight is 250 g/mol. The van der Waals surface area contributed by atoms with E-state index in [0.29, 0.717) is 5.15 Å². The molecule has 17 heavy (non-hydrogen) atoms. The van der Waals surface area contributed by atoms with Gasteiger partial charge in [-0.15, -0.1) is 0 Å². The number of nitrogens with zero attached hydrogens (tertiary/aromatic N) is 1. The van der Waals surface area contributed by atoms with E-state index in [-0.39, 0.29) is 5.82 Å². The van der Waals surface area contributed by atoms with Crippen LogP contribution in [-0.4, -0.2) is 11.3 Å². The Morgan fingerprint density at radius 2 is 1.88 bits per heavy atom. The lowest BCUT2D eigenvalue weighted by Crippen LogP contribution is -2.02. The Balaban J connectivity index is 2.40. The molecule has 0 bridgehead atoms. The van der Waals surface area contributed by atoms with Crippen molar-refractivity contribution in [2.75, 3.05) is 0 Å². The van der Waals surface area contributed by atoms with Crippen molar-refractivity contribution in [3.63, 3.8) is 0 Å². The normalized spacial score (nSPS) is 12.1. The molecule has 0 aliphatic carbocycles. The van der Waals surface area contributed by atoms with Crippen LogP contribution in [0.4, 0.5) is 4.39 Å². The van der Waals surface area contributed by atoms with E-state index in [1.54, 1.807) is 24.3 Å². The van der Waals surface area contributed by atoms with Crippen LogP contribution < -0.4 is 0 Å². The van der Waals surface area contributed by atoms with Crippen molar-refractivity contribution >= 4 is 17.9 Å². The predicted molar refractivity (Wildman–Crippen MR) is 63.6 cm³/mol. The minimum atomic E-state index is -0.448. The molecule has 0 radical (unpaired) electrons. The van der Waals surface area contributed by atoms with E-state index in [0.717, 1.165) is 17.4 Å². The smallest absolute Gasteiger partial charge is 0.131 e. The molecule has 0 spiro atoms. The van der Waals surface area contributed by atoms with E-state index in [1.807, 2.05) is 0 Å². The Kier molecular flexibility index (Phi) is 3.49. The quantitative estimate of drug-likeness (QED) is 0.618. The zero-order chi connectivity index (χ0) is 12.3. The maximum Gasteiger partial charge on any atom is 0.131 e. The van der Waals surface area contributed by atoms with E-state index in [2.05, 4.69) is 4.98 Å². The number of carbonyl (C=O) groups is 1. The molecule has 0 aliphatic rings. The van der Waals surface area contributed by atoms with Gasteiger partial charge in [-0.1, -0.05) is 23.7 Å². The van der Waals surface area contributed by atoms with Crippen molar-refractivity contribution in [3.05, 3.63) is 64.7 Å². The van der Waals surface area contributed by atoms with Gasteiger partial charge in [-0.2, -0.15) is 0 Å². The van der Waals surface area contributed by atoms with Crippen LogP contribution >= 0.6 is 11.6 Å². The Morgan fingerprint density at radius 3 is 2.47 bits per heavy atom. The summed E-state index contributed by atoms with van der Waals surface area (Å²) in [6.07, 6.45) is 2.34. The Bertz CT molecular complexity index is 527. The Morgan fingerprint density at radius 1 is 1.18 bits per heavy atom. The molecule has 0 saturated carbocycles. The van der Waals surface area contributed by atoms with Gasteiger partial charge in [0.05, 0.1) is 5.92 Å². The first-order valence-electron chi connectivity index (χ1n) is 5.03. The number of pyridine rings is 1. The zero-order valence-electron chi connectivity index (χ0n) is 8.81. The number of carbonyl (C=O) groups excluding carboxylic acids is 1. The van der Waals surface area contributed by atoms with Crippen LogP contribution in [0.15, 0.2) is 42.6 Å². The first-order valence-corrected chi connectivity index (χ1v) is 5.40. The fourth-order valence-electron chi connectivity index (χ4n) is 1.63. The van der Waals surface area contributed by atoms with Crippen LogP contribution in [0.1, 0.15) is 17.0 Å².